The summed E-state index contributed by atoms with van der Waals surface area (Å²) in [5.74, 6) is -0.296. The number of anilines is 1. The molecule has 0 bridgehead atoms. The third-order valence-corrected chi connectivity index (χ3v) is 5.94. The molecule has 0 fully saturated rings. The van der Waals surface area contributed by atoms with Crippen LogP contribution in [0.4, 0.5) is 5.69 Å². The highest BCUT2D eigenvalue weighted by molar-refractivity contribution is 5.89. The van der Waals surface area contributed by atoms with Crippen LogP contribution < -0.4 is 5.32 Å². The highest BCUT2D eigenvalue weighted by Gasteiger charge is 2.22. The molecule has 1 aliphatic rings. The third kappa shape index (κ3) is 7.94. The van der Waals surface area contributed by atoms with Crippen molar-refractivity contribution in [3.63, 3.8) is 0 Å². The van der Waals surface area contributed by atoms with Gasteiger partial charge in [0.05, 0.1) is 5.56 Å². The molecule has 3 heteroatoms. The summed E-state index contributed by atoms with van der Waals surface area (Å²) in [6.45, 7) is 3.23. The summed E-state index contributed by atoms with van der Waals surface area (Å²) < 4.78 is 0. The van der Waals surface area contributed by atoms with Crippen LogP contribution in [0.3, 0.4) is 0 Å². The van der Waals surface area contributed by atoms with Crippen molar-refractivity contribution in [2.75, 3.05) is 11.9 Å². The Morgan fingerprint density at radius 2 is 1.48 bits per heavy atom. The summed E-state index contributed by atoms with van der Waals surface area (Å²) in [7, 11) is 0. The van der Waals surface area contributed by atoms with Gasteiger partial charge in [0, 0.05) is 18.2 Å². The van der Waals surface area contributed by atoms with Gasteiger partial charge in [-0.15, -0.1) is 0 Å². The Labute approximate surface area is 166 Å². The van der Waals surface area contributed by atoms with E-state index in [2.05, 4.69) is 12.2 Å². The van der Waals surface area contributed by atoms with Crippen molar-refractivity contribution in [3.8, 4) is 0 Å². The second kappa shape index (κ2) is 12.8. The van der Waals surface area contributed by atoms with Crippen molar-refractivity contribution in [2.24, 2.45) is 0 Å². The monoisotopic (exact) mass is 373 g/mol. The topological polar surface area (TPSA) is 49.3 Å². The first-order valence-corrected chi connectivity index (χ1v) is 11.3. The zero-order valence-corrected chi connectivity index (χ0v) is 17.3. The number of nitrogens with one attached hydrogen (secondary N) is 1. The van der Waals surface area contributed by atoms with Gasteiger partial charge in [-0.3, -0.25) is 0 Å². The fourth-order valence-electron chi connectivity index (χ4n) is 4.21. The number of carboxylic acid groups (broad SMARTS) is 1. The van der Waals surface area contributed by atoms with E-state index in [9.17, 15) is 4.79 Å². The maximum atomic E-state index is 11.1. The molecule has 1 heterocycles. The molecule has 1 atom stereocenters. The number of fused-ring (bicyclic) bond motifs is 1. The van der Waals surface area contributed by atoms with Gasteiger partial charge in [0.25, 0.3) is 0 Å². The Hall–Kier alpha value is -1.51. The minimum Gasteiger partial charge on any atom is -0.478 e. The van der Waals surface area contributed by atoms with E-state index in [0.717, 1.165) is 12.2 Å². The van der Waals surface area contributed by atoms with Gasteiger partial charge < -0.3 is 10.4 Å². The molecule has 1 aromatic carbocycles. The van der Waals surface area contributed by atoms with Gasteiger partial charge in [-0.2, -0.15) is 0 Å². The van der Waals surface area contributed by atoms with Crippen molar-refractivity contribution < 1.29 is 9.90 Å². The summed E-state index contributed by atoms with van der Waals surface area (Å²) in [5.41, 5.74) is 2.70. The maximum absolute atomic E-state index is 11.1. The van der Waals surface area contributed by atoms with E-state index in [1.54, 1.807) is 12.1 Å². The number of hydrogen-bond acceptors (Lipinski definition) is 2. The molecule has 0 aliphatic carbocycles. The molecule has 0 amide bonds. The molecule has 152 valence electrons. The van der Waals surface area contributed by atoms with Gasteiger partial charge >= 0.3 is 5.97 Å². The molecule has 2 N–H and O–H groups in total. The molecule has 0 spiro atoms. The third-order valence-electron chi connectivity index (χ3n) is 5.94. The van der Waals surface area contributed by atoms with Gasteiger partial charge in [-0.1, -0.05) is 96.5 Å². The first kappa shape index (κ1) is 21.8. The van der Waals surface area contributed by atoms with E-state index in [-0.39, 0.29) is 0 Å². The molecule has 0 saturated heterocycles. The van der Waals surface area contributed by atoms with Crippen molar-refractivity contribution in [2.45, 2.75) is 103 Å². The zero-order valence-electron chi connectivity index (χ0n) is 17.3. The molecular weight excluding hydrogens is 334 g/mol. The van der Waals surface area contributed by atoms with Gasteiger partial charge in [-0.05, 0) is 24.1 Å². The number of rotatable bonds is 15. The number of benzene rings is 1. The molecule has 0 saturated carbocycles. The summed E-state index contributed by atoms with van der Waals surface area (Å²) in [6, 6.07) is 5.53. The number of carboxylic acids is 1. The Kier molecular flexibility index (Phi) is 10.3. The van der Waals surface area contributed by atoms with E-state index >= 15 is 0 Å². The summed E-state index contributed by atoms with van der Waals surface area (Å²) in [4.78, 5) is 11.1. The van der Waals surface area contributed by atoms with Crippen LogP contribution in [0.25, 0.3) is 0 Å². The Balaban J connectivity index is 1.46. The smallest absolute Gasteiger partial charge is 0.335 e. The lowest BCUT2D eigenvalue weighted by atomic mass is 9.94. The number of unbranched alkanes of at least 4 members (excludes halogenated alkanes) is 12. The Morgan fingerprint density at radius 3 is 2.04 bits per heavy atom. The summed E-state index contributed by atoms with van der Waals surface area (Å²) in [6.07, 6.45) is 19.3. The Bertz CT molecular complexity index is 555. The van der Waals surface area contributed by atoms with Gasteiger partial charge in [-0.25, -0.2) is 4.79 Å². The van der Waals surface area contributed by atoms with Crippen LogP contribution in [0.1, 0.15) is 119 Å². The lowest BCUT2D eigenvalue weighted by Crippen LogP contribution is -2.01. The number of carbonyl (C=O) groups is 1. The first-order valence-electron chi connectivity index (χ1n) is 11.3. The lowest BCUT2D eigenvalue weighted by Gasteiger charge is -2.10. The van der Waals surface area contributed by atoms with E-state index < -0.39 is 5.97 Å². The van der Waals surface area contributed by atoms with Crippen molar-refractivity contribution in [3.05, 3.63) is 29.3 Å². The van der Waals surface area contributed by atoms with Crippen LogP contribution in [0.2, 0.25) is 0 Å². The number of aromatic carboxylic acids is 1. The molecule has 0 aromatic heterocycles. The maximum Gasteiger partial charge on any atom is 0.335 e. The fraction of sp³-hybridized carbons (Fsp3) is 0.708. The van der Waals surface area contributed by atoms with E-state index in [1.807, 2.05) is 6.07 Å². The zero-order chi connectivity index (χ0) is 19.3. The van der Waals surface area contributed by atoms with Crippen LogP contribution >= 0.6 is 0 Å². The van der Waals surface area contributed by atoms with Crippen molar-refractivity contribution >= 4 is 11.7 Å². The highest BCUT2D eigenvalue weighted by atomic mass is 16.4. The van der Waals surface area contributed by atoms with Gasteiger partial charge in [0.1, 0.15) is 0 Å². The average Bonchev–Trinajstić information content (AvgIpc) is 3.07. The largest absolute Gasteiger partial charge is 0.478 e. The SMILES string of the molecule is CCCCCCCCCCCCCCC[C@@H]1CNc2cc(C(=O)O)ccc21. The van der Waals surface area contributed by atoms with Crippen molar-refractivity contribution in [1.82, 2.24) is 0 Å². The second-order valence-electron chi connectivity index (χ2n) is 8.22. The van der Waals surface area contributed by atoms with Crippen LogP contribution in [0.15, 0.2) is 18.2 Å². The molecule has 27 heavy (non-hydrogen) atoms. The van der Waals surface area contributed by atoms with E-state index in [4.69, 9.17) is 5.11 Å². The Morgan fingerprint density at radius 1 is 0.926 bits per heavy atom. The van der Waals surface area contributed by atoms with Crippen LogP contribution in [-0.2, 0) is 0 Å². The molecule has 3 nitrogen and oxygen atoms in total. The number of hydrogen-bond donors (Lipinski definition) is 2. The molecule has 1 aromatic rings. The quantitative estimate of drug-likeness (QED) is 0.315. The first-order chi connectivity index (χ1) is 13.2. The standard InChI is InChI=1S/C24H39NO2/c1-2-3-4-5-6-7-8-9-10-11-12-13-14-15-21-19-25-23-18-20(24(26)27)16-17-22(21)23/h16-18,21,25H,2-15,19H2,1H3,(H,26,27)/t21-/m1/s1. The minimum atomic E-state index is -0.848. The average molecular weight is 374 g/mol. The van der Waals surface area contributed by atoms with Crippen LogP contribution in [-0.4, -0.2) is 17.6 Å². The predicted octanol–water partition coefficient (Wildman–Crippen LogP) is 7.38. The van der Waals surface area contributed by atoms with Gasteiger partial charge in [0.15, 0.2) is 0 Å². The van der Waals surface area contributed by atoms with E-state index in [1.165, 1.54) is 95.5 Å². The lowest BCUT2D eigenvalue weighted by molar-refractivity contribution is 0.0697. The predicted molar refractivity (Wildman–Crippen MR) is 115 cm³/mol. The molecule has 0 radical (unpaired) electrons. The molecule has 1 aliphatic heterocycles. The molecular formula is C24H39NO2. The molecule has 2 rings (SSSR count). The second-order valence-corrected chi connectivity index (χ2v) is 8.22. The summed E-state index contributed by atoms with van der Waals surface area (Å²) >= 11 is 0. The van der Waals surface area contributed by atoms with Gasteiger partial charge in [0.2, 0.25) is 0 Å². The summed E-state index contributed by atoms with van der Waals surface area (Å²) in [5, 5.41) is 12.5. The van der Waals surface area contributed by atoms with Crippen molar-refractivity contribution in [1.29, 1.82) is 0 Å². The molecule has 0 unspecified atom stereocenters. The van der Waals surface area contributed by atoms with Crippen LogP contribution in [0, 0.1) is 0 Å². The van der Waals surface area contributed by atoms with Crippen LogP contribution in [0.5, 0.6) is 0 Å². The van der Waals surface area contributed by atoms with E-state index in [0.29, 0.717) is 11.5 Å². The highest BCUT2D eigenvalue weighted by Crippen LogP contribution is 2.35. The minimum absolute atomic E-state index is 0.378. The normalized spacial score (nSPS) is 15.5. The fourth-order valence-corrected chi connectivity index (χ4v) is 4.21.